The van der Waals surface area contributed by atoms with E-state index in [1.54, 1.807) is 6.07 Å². The number of esters is 1. The van der Waals surface area contributed by atoms with Crippen LogP contribution in [0.2, 0.25) is 5.02 Å². The van der Waals surface area contributed by atoms with Gasteiger partial charge >= 0.3 is 11.9 Å². The highest BCUT2D eigenvalue weighted by molar-refractivity contribution is 6.30. The van der Waals surface area contributed by atoms with Crippen molar-refractivity contribution in [3.63, 3.8) is 0 Å². The SMILES string of the molecule is O=C1CCC2(CCN(c3cccc4c3CCN(C(=O)c3cnn(-c5cccc(Cl)c5F)c3)C4C(=O)Nc3ccc(C(=O)O)cc3)CC2)O1. The Labute approximate surface area is 279 Å². The second-order valence-corrected chi connectivity index (χ2v) is 12.7. The van der Waals surface area contributed by atoms with Gasteiger partial charge in [-0.25, -0.2) is 13.9 Å². The Balaban J connectivity index is 1.21. The first kappa shape index (κ1) is 31.4. The average Bonchev–Trinajstić information content (AvgIpc) is 3.72. The molecule has 7 rings (SSSR count). The highest BCUT2D eigenvalue weighted by Crippen LogP contribution is 2.41. The molecule has 1 atom stereocenters. The monoisotopic (exact) mass is 671 g/mol. The van der Waals surface area contributed by atoms with Gasteiger partial charge in [0.05, 0.1) is 22.3 Å². The molecule has 2 amide bonds. The predicted molar refractivity (Wildman–Crippen MR) is 174 cm³/mol. The molecule has 1 spiro atoms. The molecule has 4 heterocycles. The van der Waals surface area contributed by atoms with Gasteiger partial charge in [0.2, 0.25) is 0 Å². The van der Waals surface area contributed by atoms with E-state index in [-0.39, 0.29) is 34.4 Å². The number of aromatic nitrogens is 2. The average molecular weight is 672 g/mol. The molecule has 4 aromatic rings. The number of carbonyl (C=O) groups excluding carboxylic acids is 3. The summed E-state index contributed by atoms with van der Waals surface area (Å²) in [7, 11) is 0. The highest BCUT2D eigenvalue weighted by Gasteiger charge is 2.44. The number of fused-ring (bicyclic) bond motifs is 1. The number of rotatable bonds is 6. The third-order valence-corrected chi connectivity index (χ3v) is 9.74. The van der Waals surface area contributed by atoms with Crippen molar-refractivity contribution in [2.45, 2.75) is 43.7 Å². The van der Waals surface area contributed by atoms with Crippen LogP contribution in [-0.2, 0) is 20.7 Å². The van der Waals surface area contributed by atoms with Crippen molar-refractivity contribution in [1.29, 1.82) is 0 Å². The molecule has 1 aromatic heterocycles. The lowest BCUT2D eigenvalue weighted by Crippen LogP contribution is -2.47. The van der Waals surface area contributed by atoms with Crippen LogP contribution < -0.4 is 10.2 Å². The van der Waals surface area contributed by atoms with Crippen molar-refractivity contribution in [3.8, 4) is 5.69 Å². The highest BCUT2D eigenvalue weighted by atomic mass is 35.5. The number of halogens is 2. The summed E-state index contributed by atoms with van der Waals surface area (Å²) >= 11 is 5.97. The summed E-state index contributed by atoms with van der Waals surface area (Å²) < 4.78 is 21.7. The number of carbonyl (C=O) groups is 4. The molecule has 11 nitrogen and oxygen atoms in total. The largest absolute Gasteiger partial charge is 0.478 e. The molecule has 2 fully saturated rings. The second kappa shape index (κ2) is 12.4. The Morgan fingerprint density at radius 1 is 0.938 bits per heavy atom. The first-order valence-corrected chi connectivity index (χ1v) is 16.0. The van der Waals surface area contributed by atoms with E-state index in [2.05, 4.69) is 15.3 Å². The third kappa shape index (κ3) is 5.76. The molecule has 2 N–H and O–H groups in total. The fraction of sp³-hybridized carbons (Fsp3) is 0.286. The third-order valence-electron chi connectivity index (χ3n) is 9.44. The zero-order valence-electron chi connectivity index (χ0n) is 25.7. The normalized spacial score (nSPS) is 18.4. The van der Waals surface area contributed by atoms with Gasteiger partial charge in [0.15, 0.2) is 5.82 Å². The maximum absolute atomic E-state index is 14.8. The fourth-order valence-electron chi connectivity index (χ4n) is 6.94. The van der Waals surface area contributed by atoms with Crippen molar-refractivity contribution in [2.24, 2.45) is 0 Å². The molecule has 1 unspecified atom stereocenters. The van der Waals surface area contributed by atoms with Crippen LogP contribution in [0.1, 0.15) is 63.6 Å². The summed E-state index contributed by atoms with van der Waals surface area (Å²) in [5.74, 6) is -2.87. The lowest BCUT2D eigenvalue weighted by molar-refractivity contribution is -0.149. The number of ether oxygens (including phenoxy) is 1. The Bertz CT molecular complexity index is 1940. The van der Waals surface area contributed by atoms with Crippen molar-refractivity contribution >= 4 is 46.7 Å². The number of hydrogen-bond donors (Lipinski definition) is 2. The standard InChI is InChI=1S/C35H31ClFN5O6/c36-26-4-2-6-28(30(26)37)42-20-22(19-38-42)33(45)41-16-12-24-25(31(41)32(44)39-23-9-7-21(8-10-23)34(46)47)3-1-5-27(24)40-17-14-35(15-18-40)13-11-29(43)48-35/h1-10,19-20,31H,11-18H2,(H,39,44)(H,46,47). The molecule has 0 aliphatic carbocycles. The number of carboxylic acid groups (broad SMARTS) is 1. The summed E-state index contributed by atoms with van der Waals surface area (Å²) in [4.78, 5) is 55.2. The summed E-state index contributed by atoms with van der Waals surface area (Å²) in [6.07, 6.45) is 5.78. The molecular formula is C35H31ClFN5O6. The van der Waals surface area contributed by atoms with Gasteiger partial charge in [-0.15, -0.1) is 0 Å². The number of amides is 2. The van der Waals surface area contributed by atoms with Gasteiger partial charge in [-0.05, 0) is 66.4 Å². The lowest BCUT2D eigenvalue weighted by Gasteiger charge is -2.42. The van der Waals surface area contributed by atoms with Gasteiger partial charge in [-0.3, -0.25) is 14.4 Å². The zero-order valence-corrected chi connectivity index (χ0v) is 26.5. The molecule has 2 saturated heterocycles. The van der Waals surface area contributed by atoms with Crippen LogP contribution in [0.4, 0.5) is 15.8 Å². The van der Waals surface area contributed by atoms with E-state index < -0.39 is 35.2 Å². The molecule has 3 aliphatic heterocycles. The van der Waals surface area contributed by atoms with Gasteiger partial charge in [0.1, 0.15) is 17.3 Å². The predicted octanol–water partition coefficient (Wildman–Crippen LogP) is 5.42. The minimum atomic E-state index is -1.09. The zero-order chi connectivity index (χ0) is 33.6. The molecule has 0 bridgehead atoms. The molecular weight excluding hydrogens is 641 g/mol. The van der Waals surface area contributed by atoms with Gasteiger partial charge in [0, 0.05) is 56.5 Å². The Morgan fingerprint density at radius 2 is 1.67 bits per heavy atom. The summed E-state index contributed by atoms with van der Waals surface area (Å²) in [6, 6.07) is 14.9. The van der Waals surface area contributed by atoms with E-state index in [1.807, 2.05) is 18.2 Å². The van der Waals surface area contributed by atoms with E-state index >= 15 is 0 Å². The molecule has 0 saturated carbocycles. The van der Waals surface area contributed by atoms with Crippen molar-refractivity contribution < 1.29 is 33.4 Å². The molecule has 0 radical (unpaired) electrons. The number of carboxylic acids is 1. The molecule has 13 heteroatoms. The van der Waals surface area contributed by atoms with E-state index in [1.165, 1.54) is 58.4 Å². The van der Waals surface area contributed by atoms with Crippen molar-refractivity contribution in [2.75, 3.05) is 29.9 Å². The Hall–Kier alpha value is -5.23. The van der Waals surface area contributed by atoms with Crippen molar-refractivity contribution in [3.05, 3.63) is 106 Å². The minimum absolute atomic E-state index is 0.0706. The first-order valence-electron chi connectivity index (χ1n) is 15.7. The van der Waals surface area contributed by atoms with Gasteiger partial charge < -0.3 is 25.0 Å². The molecule has 48 heavy (non-hydrogen) atoms. The van der Waals surface area contributed by atoms with E-state index in [0.29, 0.717) is 50.0 Å². The van der Waals surface area contributed by atoms with Crippen LogP contribution in [0.5, 0.6) is 0 Å². The van der Waals surface area contributed by atoms with Crippen LogP contribution in [-0.4, -0.2) is 68.8 Å². The van der Waals surface area contributed by atoms with E-state index in [0.717, 1.165) is 17.7 Å². The fourth-order valence-corrected chi connectivity index (χ4v) is 7.10. The van der Waals surface area contributed by atoms with Gasteiger partial charge in [0.25, 0.3) is 11.8 Å². The van der Waals surface area contributed by atoms with Gasteiger partial charge in [-0.1, -0.05) is 29.8 Å². The maximum Gasteiger partial charge on any atom is 0.335 e. The summed E-state index contributed by atoms with van der Waals surface area (Å²) in [6.45, 7) is 1.57. The Morgan fingerprint density at radius 3 is 2.38 bits per heavy atom. The Kier molecular flexibility index (Phi) is 8.12. The second-order valence-electron chi connectivity index (χ2n) is 12.3. The molecule has 246 valence electrons. The maximum atomic E-state index is 14.8. The topological polar surface area (TPSA) is 134 Å². The number of nitrogens with one attached hydrogen (secondary N) is 1. The molecule has 3 aliphatic rings. The van der Waals surface area contributed by atoms with Crippen LogP contribution >= 0.6 is 11.6 Å². The minimum Gasteiger partial charge on any atom is -0.478 e. The van der Waals surface area contributed by atoms with E-state index in [4.69, 9.17) is 16.3 Å². The number of benzene rings is 3. The number of hydrogen-bond acceptors (Lipinski definition) is 7. The van der Waals surface area contributed by atoms with Crippen LogP contribution in [0.25, 0.3) is 5.69 Å². The first-order chi connectivity index (χ1) is 23.1. The quantitative estimate of drug-likeness (QED) is 0.260. The van der Waals surface area contributed by atoms with Crippen LogP contribution in [0.15, 0.2) is 73.1 Å². The van der Waals surface area contributed by atoms with Crippen LogP contribution in [0.3, 0.4) is 0 Å². The van der Waals surface area contributed by atoms with Crippen LogP contribution in [0, 0.1) is 5.82 Å². The number of aromatic carboxylic acids is 1. The smallest absolute Gasteiger partial charge is 0.335 e. The summed E-state index contributed by atoms with van der Waals surface area (Å²) in [5.41, 5.74) is 2.83. The number of piperidine rings is 1. The summed E-state index contributed by atoms with van der Waals surface area (Å²) in [5, 5.41) is 16.3. The van der Waals surface area contributed by atoms with Crippen molar-refractivity contribution in [1.82, 2.24) is 14.7 Å². The van der Waals surface area contributed by atoms with E-state index in [9.17, 15) is 28.7 Å². The number of nitrogens with zero attached hydrogens (tertiary/aromatic N) is 4. The lowest BCUT2D eigenvalue weighted by atomic mass is 9.86. The van der Waals surface area contributed by atoms with Gasteiger partial charge in [-0.2, -0.15) is 5.10 Å². The number of anilines is 2. The molecule has 3 aromatic carbocycles.